The van der Waals surface area contributed by atoms with Crippen LogP contribution in [-0.2, 0) is 4.79 Å². The number of amides is 1. The Morgan fingerprint density at radius 1 is 1.42 bits per heavy atom. The molecule has 1 aliphatic carbocycles. The largest absolute Gasteiger partial charge is 0.321 e. The summed E-state index contributed by atoms with van der Waals surface area (Å²) in [6.45, 7) is 4.81. The van der Waals surface area contributed by atoms with E-state index in [4.69, 9.17) is 0 Å². The maximum atomic E-state index is 14.0. The highest BCUT2D eigenvalue weighted by molar-refractivity contribution is 5.92. The Kier molecular flexibility index (Phi) is 2.86. The van der Waals surface area contributed by atoms with Gasteiger partial charge >= 0.3 is 0 Å². The second-order valence-electron chi connectivity index (χ2n) is 6.00. The zero-order chi connectivity index (χ0) is 13.6. The van der Waals surface area contributed by atoms with Crippen LogP contribution in [0.2, 0.25) is 0 Å². The minimum atomic E-state index is -0.401. The number of benzene rings is 1. The van der Waals surface area contributed by atoms with Gasteiger partial charge in [0.25, 0.3) is 0 Å². The van der Waals surface area contributed by atoms with Crippen LogP contribution < -0.4 is 5.32 Å². The van der Waals surface area contributed by atoms with Gasteiger partial charge in [-0.05, 0) is 24.8 Å². The Morgan fingerprint density at radius 2 is 2.11 bits per heavy atom. The van der Waals surface area contributed by atoms with Crippen LogP contribution in [0, 0.1) is 11.7 Å². The van der Waals surface area contributed by atoms with E-state index in [1.807, 2.05) is 6.07 Å². The molecule has 1 aliphatic heterocycles. The molecule has 1 amide bonds. The smallest absolute Gasteiger partial charge is 0.244 e. The lowest BCUT2D eigenvalue weighted by Crippen LogP contribution is -2.34. The van der Waals surface area contributed by atoms with E-state index >= 15 is 0 Å². The Bertz CT molecular complexity index is 511. The van der Waals surface area contributed by atoms with Crippen LogP contribution in [0.3, 0.4) is 0 Å². The summed E-state index contributed by atoms with van der Waals surface area (Å²) < 4.78 is 14.0. The van der Waals surface area contributed by atoms with Crippen LogP contribution in [0.1, 0.15) is 38.4 Å². The van der Waals surface area contributed by atoms with E-state index in [0.29, 0.717) is 18.0 Å². The molecule has 1 atom stereocenters. The van der Waals surface area contributed by atoms with Crippen LogP contribution in [0.15, 0.2) is 24.3 Å². The number of rotatable bonds is 3. The van der Waals surface area contributed by atoms with Gasteiger partial charge in [0.2, 0.25) is 5.91 Å². The first kappa shape index (κ1) is 12.6. The van der Waals surface area contributed by atoms with E-state index in [2.05, 4.69) is 19.2 Å². The van der Waals surface area contributed by atoms with Crippen molar-refractivity contribution in [2.24, 2.45) is 5.92 Å². The lowest BCUT2D eigenvalue weighted by atomic mass is 10.1. The third-order valence-corrected chi connectivity index (χ3v) is 3.91. The Morgan fingerprint density at radius 3 is 2.68 bits per heavy atom. The summed E-state index contributed by atoms with van der Waals surface area (Å²) in [6.07, 6.45) is 1.41. The van der Waals surface area contributed by atoms with Crippen molar-refractivity contribution in [2.75, 3.05) is 6.54 Å². The highest BCUT2D eigenvalue weighted by atomic mass is 19.1. The standard InChI is InChI=1S/C15H19FN2O/c1-10(2)9-18-13(11-5-3-4-6-12(11)16)17-15(7-8-15)14(18)19/h3-6,10,13,17H,7-9H2,1-2H3. The van der Waals surface area contributed by atoms with E-state index < -0.39 is 5.54 Å². The molecule has 102 valence electrons. The zero-order valence-corrected chi connectivity index (χ0v) is 11.3. The molecule has 0 bridgehead atoms. The van der Waals surface area contributed by atoms with Crippen molar-refractivity contribution in [1.82, 2.24) is 10.2 Å². The first-order chi connectivity index (χ1) is 9.03. The number of halogens is 1. The zero-order valence-electron chi connectivity index (χ0n) is 11.3. The monoisotopic (exact) mass is 262 g/mol. The fraction of sp³-hybridized carbons (Fsp3) is 0.533. The molecule has 3 nitrogen and oxygen atoms in total. The molecule has 1 spiro atoms. The normalized spacial score (nSPS) is 24.5. The summed E-state index contributed by atoms with van der Waals surface area (Å²) in [6, 6.07) is 6.70. The summed E-state index contributed by atoms with van der Waals surface area (Å²) in [4.78, 5) is 14.3. The van der Waals surface area contributed by atoms with Crippen LogP contribution in [0.4, 0.5) is 4.39 Å². The Labute approximate surface area is 112 Å². The summed E-state index contributed by atoms with van der Waals surface area (Å²) >= 11 is 0. The molecule has 1 N–H and O–H groups in total. The molecule has 0 aromatic heterocycles. The quantitative estimate of drug-likeness (QED) is 0.907. The predicted octanol–water partition coefficient (Wildman–Crippen LogP) is 2.44. The molecule has 0 radical (unpaired) electrons. The van der Waals surface area contributed by atoms with Gasteiger partial charge in [0.1, 0.15) is 17.5 Å². The molecular formula is C15H19FN2O. The highest BCUT2D eigenvalue weighted by Crippen LogP contribution is 2.46. The lowest BCUT2D eigenvalue weighted by molar-refractivity contribution is -0.131. The van der Waals surface area contributed by atoms with Gasteiger partial charge in [0.05, 0.1) is 0 Å². The number of hydrogen-bond acceptors (Lipinski definition) is 2. The Hall–Kier alpha value is -1.42. The second kappa shape index (κ2) is 4.30. The summed E-state index contributed by atoms with van der Waals surface area (Å²) in [5.74, 6) is 0.252. The summed E-state index contributed by atoms with van der Waals surface area (Å²) in [7, 11) is 0. The van der Waals surface area contributed by atoms with Gasteiger partial charge in [-0.2, -0.15) is 0 Å². The minimum Gasteiger partial charge on any atom is -0.321 e. The van der Waals surface area contributed by atoms with Gasteiger partial charge in [0.15, 0.2) is 0 Å². The van der Waals surface area contributed by atoms with E-state index in [1.54, 1.807) is 17.0 Å². The fourth-order valence-corrected chi connectivity index (χ4v) is 2.80. The van der Waals surface area contributed by atoms with Gasteiger partial charge < -0.3 is 4.90 Å². The average molecular weight is 262 g/mol. The molecule has 1 saturated heterocycles. The molecule has 1 heterocycles. The molecule has 2 fully saturated rings. The number of hydrogen-bond donors (Lipinski definition) is 1. The van der Waals surface area contributed by atoms with Gasteiger partial charge in [-0.15, -0.1) is 0 Å². The maximum absolute atomic E-state index is 14.0. The second-order valence-corrected chi connectivity index (χ2v) is 6.00. The molecule has 1 aromatic rings. The van der Waals surface area contributed by atoms with Crippen LogP contribution in [0.5, 0.6) is 0 Å². The van der Waals surface area contributed by atoms with Crippen molar-refractivity contribution >= 4 is 5.91 Å². The average Bonchev–Trinajstić information content (AvgIpc) is 3.09. The van der Waals surface area contributed by atoms with E-state index in [-0.39, 0.29) is 17.9 Å². The first-order valence-corrected chi connectivity index (χ1v) is 6.87. The summed E-state index contributed by atoms with van der Waals surface area (Å²) in [5.41, 5.74) is 0.169. The van der Waals surface area contributed by atoms with Crippen LogP contribution >= 0.6 is 0 Å². The third-order valence-electron chi connectivity index (χ3n) is 3.91. The number of carbonyl (C=O) groups excluding carboxylic acids is 1. The molecule has 1 aromatic carbocycles. The SMILES string of the molecule is CC(C)CN1C(=O)C2(CC2)NC1c1ccccc1F. The van der Waals surface area contributed by atoms with Crippen molar-refractivity contribution in [3.63, 3.8) is 0 Å². The number of nitrogens with one attached hydrogen (secondary N) is 1. The fourth-order valence-electron chi connectivity index (χ4n) is 2.80. The first-order valence-electron chi connectivity index (χ1n) is 6.87. The molecule has 1 saturated carbocycles. The van der Waals surface area contributed by atoms with E-state index in [1.165, 1.54) is 6.07 Å². The summed E-state index contributed by atoms with van der Waals surface area (Å²) in [5, 5.41) is 3.34. The van der Waals surface area contributed by atoms with Crippen LogP contribution in [-0.4, -0.2) is 22.9 Å². The molecule has 2 aliphatic rings. The Balaban J connectivity index is 1.94. The lowest BCUT2D eigenvalue weighted by Gasteiger charge is -2.26. The van der Waals surface area contributed by atoms with Crippen molar-refractivity contribution in [3.05, 3.63) is 35.6 Å². The molecule has 1 unspecified atom stereocenters. The van der Waals surface area contributed by atoms with Gasteiger partial charge in [0, 0.05) is 12.1 Å². The van der Waals surface area contributed by atoms with Crippen molar-refractivity contribution < 1.29 is 9.18 Å². The van der Waals surface area contributed by atoms with Gasteiger partial charge in [-0.25, -0.2) is 4.39 Å². The van der Waals surface area contributed by atoms with Gasteiger partial charge in [-0.1, -0.05) is 32.0 Å². The van der Waals surface area contributed by atoms with Gasteiger partial charge in [-0.3, -0.25) is 10.1 Å². The number of carbonyl (C=O) groups is 1. The highest BCUT2D eigenvalue weighted by Gasteiger charge is 2.59. The van der Waals surface area contributed by atoms with Crippen molar-refractivity contribution in [3.8, 4) is 0 Å². The molecular weight excluding hydrogens is 243 g/mol. The number of nitrogens with zero attached hydrogens (tertiary/aromatic N) is 1. The molecule has 4 heteroatoms. The third kappa shape index (κ3) is 2.04. The van der Waals surface area contributed by atoms with E-state index in [0.717, 1.165) is 12.8 Å². The minimum absolute atomic E-state index is 0.134. The van der Waals surface area contributed by atoms with E-state index in [9.17, 15) is 9.18 Å². The predicted molar refractivity (Wildman–Crippen MR) is 70.8 cm³/mol. The topological polar surface area (TPSA) is 32.3 Å². The van der Waals surface area contributed by atoms with Crippen LogP contribution in [0.25, 0.3) is 0 Å². The molecule has 19 heavy (non-hydrogen) atoms. The van der Waals surface area contributed by atoms with Crippen molar-refractivity contribution in [2.45, 2.75) is 38.4 Å². The molecule has 3 rings (SSSR count). The maximum Gasteiger partial charge on any atom is 0.244 e. The van der Waals surface area contributed by atoms with Crippen molar-refractivity contribution in [1.29, 1.82) is 0 Å².